The van der Waals surface area contributed by atoms with Crippen LogP contribution < -0.4 is 10.1 Å². The molecule has 0 radical (unpaired) electrons. The number of amides is 2. The van der Waals surface area contributed by atoms with Crippen LogP contribution in [0.3, 0.4) is 0 Å². The number of nitrogens with zero attached hydrogens (tertiary/aromatic N) is 2. The van der Waals surface area contributed by atoms with Gasteiger partial charge in [-0.1, -0.05) is 32.9 Å². The van der Waals surface area contributed by atoms with Crippen molar-refractivity contribution in [3.05, 3.63) is 29.8 Å². The topological polar surface area (TPSA) is 61.9 Å². The number of benzene rings is 1. The minimum atomic E-state index is -0.548. The first-order valence-corrected chi connectivity index (χ1v) is 10.3. The number of rotatable bonds is 4. The summed E-state index contributed by atoms with van der Waals surface area (Å²) in [5, 5.41) is 3.11. The van der Waals surface area contributed by atoms with Crippen molar-refractivity contribution in [3.63, 3.8) is 0 Å². The third-order valence-corrected chi connectivity index (χ3v) is 5.64. The molecule has 1 aromatic rings. The van der Waals surface area contributed by atoms with Crippen LogP contribution in [0.5, 0.6) is 5.75 Å². The van der Waals surface area contributed by atoms with E-state index in [2.05, 4.69) is 32.2 Å². The molecule has 6 nitrogen and oxygen atoms in total. The second-order valence-corrected chi connectivity index (χ2v) is 8.88. The number of ether oxygens (including phenoxy) is 1. The van der Waals surface area contributed by atoms with Gasteiger partial charge in [0.1, 0.15) is 5.75 Å². The summed E-state index contributed by atoms with van der Waals surface area (Å²) in [6.07, 6.45) is 1.32. The summed E-state index contributed by atoms with van der Waals surface area (Å²) in [6.45, 7) is 11.5. The van der Waals surface area contributed by atoms with E-state index in [1.165, 1.54) is 5.56 Å². The zero-order valence-electron chi connectivity index (χ0n) is 17.5. The standard InChI is InChI=1S/C22H33N3O3/c1-16(28-19-9-5-7-17(13-19)22(2,3)4)21(27)24-11-6-8-18(15-24)25-12-10-23-14-20(25)26/h5,7,9,13,16,18,23H,6,8,10-12,14-15H2,1-4H3. The molecular weight excluding hydrogens is 354 g/mol. The normalized spacial score (nSPS) is 22.1. The number of piperazine rings is 1. The Morgan fingerprint density at radius 1 is 1.29 bits per heavy atom. The van der Waals surface area contributed by atoms with Crippen molar-refractivity contribution in [1.29, 1.82) is 0 Å². The number of hydrogen-bond donors (Lipinski definition) is 1. The number of piperidine rings is 1. The first kappa shape index (κ1) is 20.6. The van der Waals surface area contributed by atoms with E-state index >= 15 is 0 Å². The van der Waals surface area contributed by atoms with Crippen molar-refractivity contribution in [2.75, 3.05) is 32.7 Å². The van der Waals surface area contributed by atoms with E-state index in [4.69, 9.17) is 4.74 Å². The van der Waals surface area contributed by atoms with Crippen LogP contribution >= 0.6 is 0 Å². The number of carbonyl (C=O) groups excluding carboxylic acids is 2. The maximum absolute atomic E-state index is 13.0. The van der Waals surface area contributed by atoms with E-state index in [9.17, 15) is 9.59 Å². The minimum Gasteiger partial charge on any atom is -0.481 e. The summed E-state index contributed by atoms with van der Waals surface area (Å²) in [5.74, 6) is 0.849. The Balaban J connectivity index is 1.62. The van der Waals surface area contributed by atoms with Gasteiger partial charge >= 0.3 is 0 Å². The first-order chi connectivity index (χ1) is 13.3. The molecule has 6 heteroatoms. The second-order valence-electron chi connectivity index (χ2n) is 8.88. The van der Waals surface area contributed by atoms with Crippen LogP contribution in [-0.2, 0) is 15.0 Å². The first-order valence-electron chi connectivity index (χ1n) is 10.3. The maximum Gasteiger partial charge on any atom is 0.263 e. The average Bonchev–Trinajstić information content (AvgIpc) is 2.67. The van der Waals surface area contributed by atoms with E-state index in [1.54, 1.807) is 0 Å². The van der Waals surface area contributed by atoms with Gasteiger partial charge < -0.3 is 19.9 Å². The van der Waals surface area contributed by atoms with Crippen LogP contribution in [0.15, 0.2) is 24.3 Å². The van der Waals surface area contributed by atoms with Crippen LogP contribution in [0, 0.1) is 0 Å². The molecule has 3 rings (SSSR count). The van der Waals surface area contributed by atoms with Crippen LogP contribution in [0.25, 0.3) is 0 Å². The third-order valence-electron chi connectivity index (χ3n) is 5.64. The summed E-state index contributed by atoms with van der Waals surface area (Å²) < 4.78 is 5.99. The van der Waals surface area contributed by atoms with E-state index in [0.717, 1.165) is 38.2 Å². The van der Waals surface area contributed by atoms with Crippen LogP contribution in [0.4, 0.5) is 0 Å². The Kier molecular flexibility index (Phi) is 6.28. The monoisotopic (exact) mass is 387 g/mol. The van der Waals surface area contributed by atoms with Crippen LogP contribution in [-0.4, -0.2) is 66.5 Å². The maximum atomic E-state index is 13.0. The van der Waals surface area contributed by atoms with Gasteiger partial charge in [0.05, 0.1) is 6.54 Å². The molecule has 0 bridgehead atoms. The number of carbonyl (C=O) groups is 2. The zero-order chi connectivity index (χ0) is 20.3. The van der Waals surface area contributed by atoms with E-state index in [-0.39, 0.29) is 23.3 Å². The lowest BCUT2D eigenvalue weighted by atomic mass is 9.87. The lowest BCUT2D eigenvalue weighted by Crippen LogP contribution is -2.58. The molecule has 1 aromatic carbocycles. The molecule has 28 heavy (non-hydrogen) atoms. The van der Waals surface area contributed by atoms with Gasteiger partial charge in [-0.3, -0.25) is 9.59 Å². The second kappa shape index (κ2) is 8.52. The highest BCUT2D eigenvalue weighted by atomic mass is 16.5. The Labute approximate surface area is 168 Å². The quantitative estimate of drug-likeness (QED) is 0.860. The predicted octanol–water partition coefficient (Wildman–Crippen LogP) is 2.17. The minimum absolute atomic E-state index is 0.00607. The molecule has 2 atom stereocenters. The molecule has 2 unspecified atom stereocenters. The summed E-state index contributed by atoms with van der Waals surface area (Å²) in [6, 6.07) is 8.09. The molecule has 0 saturated carbocycles. The molecule has 0 aliphatic carbocycles. The Hall–Kier alpha value is -2.08. The van der Waals surface area contributed by atoms with Crippen LogP contribution in [0.1, 0.15) is 46.1 Å². The highest BCUT2D eigenvalue weighted by Crippen LogP contribution is 2.26. The van der Waals surface area contributed by atoms with E-state index < -0.39 is 6.10 Å². The number of hydrogen-bond acceptors (Lipinski definition) is 4. The largest absolute Gasteiger partial charge is 0.481 e. The molecule has 2 aliphatic rings. The van der Waals surface area contributed by atoms with Gasteiger partial charge in [0.15, 0.2) is 6.10 Å². The molecule has 2 aliphatic heterocycles. The molecule has 0 aromatic heterocycles. The average molecular weight is 388 g/mol. The van der Waals surface area contributed by atoms with E-state index in [1.807, 2.05) is 34.9 Å². The summed E-state index contributed by atoms with van der Waals surface area (Å²) in [7, 11) is 0. The van der Waals surface area contributed by atoms with Crippen molar-refractivity contribution >= 4 is 11.8 Å². The highest BCUT2D eigenvalue weighted by molar-refractivity contribution is 5.82. The molecular formula is C22H33N3O3. The van der Waals surface area contributed by atoms with Crippen LogP contribution in [0.2, 0.25) is 0 Å². The van der Waals surface area contributed by atoms with Gasteiger partial charge in [-0.2, -0.15) is 0 Å². The highest BCUT2D eigenvalue weighted by Gasteiger charge is 2.33. The summed E-state index contributed by atoms with van der Waals surface area (Å²) in [4.78, 5) is 29.0. The summed E-state index contributed by atoms with van der Waals surface area (Å²) >= 11 is 0. The lowest BCUT2D eigenvalue weighted by molar-refractivity contribution is -0.144. The lowest BCUT2D eigenvalue weighted by Gasteiger charge is -2.41. The van der Waals surface area contributed by atoms with Crippen molar-refractivity contribution in [1.82, 2.24) is 15.1 Å². The van der Waals surface area contributed by atoms with Crippen molar-refractivity contribution in [3.8, 4) is 5.75 Å². The zero-order valence-corrected chi connectivity index (χ0v) is 17.5. The SMILES string of the molecule is CC(Oc1cccc(C(C)(C)C)c1)C(=O)N1CCCC(N2CCNCC2=O)C1. The van der Waals surface area contributed by atoms with Crippen molar-refractivity contribution in [2.24, 2.45) is 0 Å². The fourth-order valence-corrected chi connectivity index (χ4v) is 3.96. The van der Waals surface area contributed by atoms with E-state index in [0.29, 0.717) is 13.1 Å². The third kappa shape index (κ3) is 4.85. The fraction of sp³-hybridized carbons (Fsp3) is 0.636. The Bertz CT molecular complexity index is 713. The molecule has 2 saturated heterocycles. The van der Waals surface area contributed by atoms with Gasteiger partial charge in [-0.15, -0.1) is 0 Å². The van der Waals surface area contributed by atoms with Gasteiger partial charge in [0.2, 0.25) is 5.91 Å². The smallest absolute Gasteiger partial charge is 0.263 e. The Morgan fingerprint density at radius 2 is 2.07 bits per heavy atom. The van der Waals surface area contributed by atoms with Gasteiger partial charge in [-0.25, -0.2) is 0 Å². The molecule has 154 valence electrons. The fourth-order valence-electron chi connectivity index (χ4n) is 3.96. The van der Waals surface area contributed by atoms with Gasteiger partial charge in [0, 0.05) is 32.2 Å². The Morgan fingerprint density at radius 3 is 2.79 bits per heavy atom. The molecule has 2 amide bonds. The van der Waals surface area contributed by atoms with Crippen molar-refractivity contribution in [2.45, 2.75) is 58.1 Å². The van der Waals surface area contributed by atoms with Crippen molar-refractivity contribution < 1.29 is 14.3 Å². The van der Waals surface area contributed by atoms with Gasteiger partial charge in [-0.05, 0) is 42.9 Å². The number of nitrogens with one attached hydrogen (secondary N) is 1. The predicted molar refractivity (Wildman–Crippen MR) is 109 cm³/mol. The van der Waals surface area contributed by atoms with Gasteiger partial charge in [0.25, 0.3) is 5.91 Å². The molecule has 0 spiro atoms. The molecule has 2 heterocycles. The number of likely N-dealkylation sites (tertiary alicyclic amines) is 1. The summed E-state index contributed by atoms with van der Waals surface area (Å²) in [5.41, 5.74) is 1.21. The molecule has 1 N–H and O–H groups in total. The molecule has 2 fully saturated rings.